The maximum Gasteiger partial charge on any atom is 0.268 e. The number of nitrogens with zero attached hydrogens (tertiary/aromatic N) is 3. The topological polar surface area (TPSA) is 105 Å². The Labute approximate surface area is 231 Å². The summed E-state index contributed by atoms with van der Waals surface area (Å²) in [5.41, 5.74) is 2.06. The maximum atomic E-state index is 13.5. The molecule has 0 radical (unpaired) electrons. The molecule has 0 unspecified atom stereocenters. The number of pyridine rings is 3. The van der Waals surface area contributed by atoms with Gasteiger partial charge in [0, 0.05) is 48.9 Å². The minimum atomic E-state index is -0.403. The Hall–Kier alpha value is -5.02. The van der Waals surface area contributed by atoms with Gasteiger partial charge in [0.2, 0.25) is 0 Å². The molecule has 9 nitrogen and oxygen atoms in total. The Bertz CT molecular complexity index is 1680. The van der Waals surface area contributed by atoms with Crippen molar-refractivity contribution in [3.05, 3.63) is 113 Å². The van der Waals surface area contributed by atoms with Crippen molar-refractivity contribution in [2.75, 3.05) is 32.7 Å². The predicted molar refractivity (Wildman–Crippen MR) is 153 cm³/mol. The third kappa shape index (κ3) is 5.84. The molecule has 0 fully saturated rings. The molecule has 40 heavy (non-hydrogen) atoms. The van der Waals surface area contributed by atoms with Crippen molar-refractivity contribution in [3.8, 4) is 22.9 Å². The maximum absolute atomic E-state index is 13.5. The first-order chi connectivity index (χ1) is 19.6. The lowest BCUT2D eigenvalue weighted by atomic mass is 10.1. The van der Waals surface area contributed by atoms with E-state index in [4.69, 9.17) is 14.2 Å². The van der Waals surface area contributed by atoms with Crippen LogP contribution >= 0.6 is 0 Å². The highest BCUT2D eigenvalue weighted by Gasteiger charge is 2.20. The molecule has 0 aliphatic heterocycles. The number of carbonyl (C=O) groups excluding carboxylic acids is 1. The van der Waals surface area contributed by atoms with Gasteiger partial charge in [-0.05, 0) is 48.5 Å². The highest BCUT2D eigenvalue weighted by Crippen LogP contribution is 2.30. The molecule has 0 saturated carbocycles. The Morgan fingerprint density at radius 2 is 1.77 bits per heavy atom. The summed E-state index contributed by atoms with van der Waals surface area (Å²) in [7, 11) is 3.20. The van der Waals surface area contributed by atoms with E-state index in [0.29, 0.717) is 47.5 Å². The number of Topliss-reactive ketones (excluding diaryl/α,β-unsaturated/α-hetero) is 1. The summed E-state index contributed by atoms with van der Waals surface area (Å²) in [5.74, 6) is 1.49. The van der Waals surface area contributed by atoms with Gasteiger partial charge in [0.15, 0.2) is 5.78 Å². The largest absolute Gasteiger partial charge is 0.497 e. The van der Waals surface area contributed by atoms with Crippen LogP contribution in [0.4, 0.5) is 5.69 Å². The lowest BCUT2D eigenvalue weighted by Crippen LogP contribution is -2.28. The number of hydrogen-bond acceptors (Lipinski definition) is 8. The summed E-state index contributed by atoms with van der Waals surface area (Å²) < 4.78 is 17.9. The Morgan fingerprint density at radius 3 is 2.52 bits per heavy atom. The highest BCUT2D eigenvalue weighted by molar-refractivity contribution is 6.02. The zero-order valence-corrected chi connectivity index (χ0v) is 22.2. The van der Waals surface area contributed by atoms with Crippen molar-refractivity contribution >= 4 is 22.4 Å². The average molecular weight is 537 g/mol. The summed E-state index contributed by atoms with van der Waals surface area (Å²) in [4.78, 5) is 35.8. The third-order valence-corrected chi connectivity index (χ3v) is 6.30. The van der Waals surface area contributed by atoms with Crippen LogP contribution in [-0.4, -0.2) is 47.7 Å². The van der Waals surface area contributed by atoms with Crippen LogP contribution in [0.1, 0.15) is 16.1 Å². The van der Waals surface area contributed by atoms with Gasteiger partial charge in [0.25, 0.3) is 5.56 Å². The van der Waals surface area contributed by atoms with E-state index < -0.39 is 5.56 Å². The van der Waals surface area contributed by atoms with Gasteiger partial charge in [-0.2, -0.15) is 0 Å². The molecule has 0 aliphatic rings. The lowest BCUT2D eigenvalue weighted by molar-refractivity contribution is 0.0991. The van der Waals surface area contributed by atoms with Gasteiger partial charge >= 0.3 is 0 Å². The second-order valence-electron chi connectivity index (χ2n) is 8.91. The van der Waals surface area contributed by atoms with E-state index in [0.717, 1.165) is 10.9 Å². The van der Waals surface area contributed by atoms with Crippen LogP contribution in [0.5, 0.6) is 17.2 Å². The monoisotopic (exact) mass is 536 g/mol. The molecule has 1 N–H and O–H groups in total. The number of methoxy groups -OCH3 is 2. The van der Waals surface area contributed by atoms with Crippen molar-refractivity contribution in [1.29, 1.82) is 0 Å². The third-order valence-electron chi connectivity index (χ3n) is 6.30. The number of anilines is 1. The zero-order chi connectivity index (χ0) is 27.9. The van der Waals surface area contributed by atoms with E-state index in [1.807, 2.05) is 48.5 Å². The number of fused-ring (bicyclic) bond motifs is 1. The molecule has 2 aromatic carbocycles. The minimum Gasteiger partial charge on any atom is -0.497 e. The molecule has 0 saturated heterocycles. The molecule has 0 bridgehead atoms. The zero-order valence-electron chi connectivity index (χ0n) is 22.2. The summed E-state index contributed by atoms with van der Waals surface area (Å²) >= 11 is 0. The van der Waals surface area contributed by atoms with Crippen LogP contribution < -0.4 is 20.3 Å². The van der Waals surface area contributed by atoms with Crippen molar-refractivity contribution in [3.63, 3.8) is 0 Å². The van der Waals surface area contributed by atoms with Crippen LogP contribution in [0, 0.1) is 0 Å². The van der Waals surface area contributed by atoms with Crippen LogP contribution in [0.3, 0.4) is 0 Å². The molecule has 202 valence electrons. The van der Waals surface area contributed by atoms with Gasteiger partial charge in [-0.3, -0.25) is 24.1 Å². The number of aromatic nitrogens is 3. The van der Waals surface area contributed by atoms with Crippen molar-refractivity contribution in [1.82, 2.24) is 14.5 Å². The Morgan fingerprint density at radius 1 is 0.950 bits per heavy atom. The van der Waals surface area contributed by atoms with E-state index in [-0.39, 0.29) is 17.8 Å². The van der Waals surface area contributed by atoms with E-state index in [9.17, 15) is 9.59 Å². The first kappa shape index (κ1) is 26.6. The molecule has 9 heteroatoms. The van der Waals surface area contributed by atoms with Crippen LogP contribution in [-0.2, 0) is 11.2 Å². The molecule has 3 heterocycles. The van der Waals surface area contributed by atoms with E-state index in [1.165, 1.54) is 4.57 Å². The first-order valence-corrected chi connectivity index (χ1v) is 12.7. The molecule has 0 amide bonds. The number of rotatable bonds is 11. The summed E-state index contributed by atoms with van der Waals surface area (Å²) in [6.07, 6.45) is 4.83. The molecule has 0 atom stereocenters. The molecular formula is C31H28N4O5. The fourth-order valence-electron chi connectivity index (χ4n) is 4.31. The molecule has 0 aliphatic carbocycles. The quantitative estimate of drug-likeness (QED) is 0.184. The molecular weight excluding hydrogens is 508 g/mol. The molecule has 5 rings (SSSR count). The van der Waals surface area contributed by atoms with Crippen LogP contribution in [0.25, 0.3) is 16.6 Å². The molecule has 3 aromatic heterocycles. The summed E-state index contributed by atoms with van der Waals surface area (Å²) in [5, 5.41) is 3.97. The number of ketones is 1. The number of carbonyl (C=O) groups is 1. The fraction of sp³-hybridized carbons (Fsp3) is 0.161. The predicted octanol–water partition coefficient (Wildman–Crippen LogP) is 5.07. The van der Waals surface area contributed by atoms with Crippen LogP contribution in [0.15, 0.2) is 96.2 Å². The lowest BCUT2D eigenvalue weighted by Gasteiger charge is -2.14. The van der Waals surface area contributed by atoms with Gasteiger partial charge in [-0.15, -0.1) is 0 Å². The van der Waals surface area contributed by atoms with Crippen molar-refractivity contribution in [2.24, 2.45) is 0 Å². The summed E-state index contributed by atoms with van der Waals surface area (Å²) in [6, 6.07) is 21.7. The number of nitrogens with one attached hydrogen (secondary N) is 1. The number of benzene rings is 2. The number of ether oxygens (including phenoxy) is 3. The van der Waals surface area contributed by atoms with Crippen molar-refractivity contribution in [2.45, 2.75) is 6.42 Å². The Kier molecular flexibility index (Phi) is 8.13. The van der Waals surface area contributed by atoms with Gasteiger partial charge < -0.3 is 19.5 Å². The summed E-state index contributed by atoms with van der Waals surface area (Å²) in [6.45, 7) is 0.880. The number of hydrogen-bond donors (Lipinski definition) is 1. The van der Waals surface area contributed by atoms with Gasteiger partial charge in [0.1, 0.15) is 22.8 Å². The number of para-hydroxylation sites is 1. The SMILES string of the molecule is COCCNc1ccn(-c2ccccc2)c(=O)c1C(=O)Cc1ccc(Oc2ccnc3cc(OC)ccc23)cn1. The van der Waals surface area contributed by atoms with Gasteiger partial charge in [-0.25, -0.2) is 0 Å². The van der Waals surface area contributed by atoms with E-state index >= 15 is 0 Å². The molecule has 0 spiro atoms. The molecule has 5 aromatic rings. The standard InChI is InChI=1S/C31H28N4O5/c1-38-17-15-33-26-13-16-35(22-6-4-3-5-7-22)31(37)30(26)28(36)18-21-8-9-24(20-34-21)40-29-12-14-32-27-19-23(39-2)10-11-25(27)29/h3-14,16,19-20,33H,15,17-18H2,1-2H3. The second kappa shape index (κ2) is 12.2. The average Bonchev–Trinajstić information content (AvgIpc) is 2.98. The first-order valence-electron chi connectivity index (χ1n) is 12.7. The minimum absolute atomic E-state index is 0.0503. The fourth-order valence-corrected chi connectivity index (χ4v) is 4.31. The van der Waals surface area contributed by atoms with E-state index in [1.54, 1.807) is 57.1 Å². The smallest absolute Gasteiger partial charge is 0.268 e. The van der Waals surface area contributed by atoms with Crippen LogP contribution in [0.2, 0.25) is 0 Å². The Balaban J connectivity index is 1.38. The second-order valence-corrected chi connectivity index (χ2v) is 8.91. The normalized spacial score (nSPS) is 10.8. The van der Waals surface area contributed by atoms with E-state index in [2.05, 4.69) is 15.3 Å². The van der Waals surface area contributed by atoms with Gasteiger partial charge in [-0.1, -0.05) is 18.2 Å². The highest BCUT2D eigenvalue weighted by atomic mass is 16.5. The van der Waals surface area contributed by atoms with Gasteiger partial charge in [0.05, 0.1) is 37.5 Å². The van der Waals surface area contributed by atoms with Crippen molar-refractivity contribution < 1.29 is 19.0 Å².